The number of carbonyl (C=O) groups is 1. The number of rotatable bonds is 3. The van der Waals surface area contributed by atoms with Crippen LogP contribution in [0.15, 0.2) is 24.4 Å². The molecular formula is C12H11ClFN3O. The van der Waals surface area contributed by atoms with Gasteiger partial charge in [-0.05, 0) is 25.1 Å². The van der Waals surface area contributed by atoms with Crippen molar-refractivity contribution in [1.29, 1.82) is 0 Å². The molecule has 2 N–H and O–H groups in total. The molecule has 0 saturated carbocycles. The molecule has 18 heavy (non-hydrogen) atoms. The van der Waals surface area contributed by atoms with E-state index in [-0.39, 0.29) is 10.6 Å². The van der Waals surface area contributed by atoms with Gasteiger partial charge < -0.3 is 5.32 Å². The predicted octanol–water partition coefficient (Wildman–Crippen LogP) is 2.44. The number of nitrogens with zero attached hydrogens (tertiary/aromatic N) is 1. The highest BCUT2D eigenvalue weighted by Crippen LogP contribution is 2.14. The van der Waals surface area contributed by atoms with Gasteiger partial charge in [-0.25, -0.2) is 4.39 Å². The zero-order valence-corrected chi connectivity index (χ0v) is 10.4. The third kappa shape index (κ3) is 2.68. The van der Waals surface area contributed by atoms with E-state index < -0.39 is 11.7 Å². The number of halogens is 2. The van der Waals surface area contributed by atoms with E-state index in [1.165, 1.54) is 12.1 Å². The summed E-state index contributed by atoms with van der Waals surface area (Å²) in [6.45, 7) is 2.14. The van der Waals surface area contributed by atoms with Gasteiger partial charge in [0.05, 0.1) is 11.8 Å². The number of hydrogen-bond donors (Lipinski definition) is 2. The summed E-state index contributed by atoms with van der Waals surface area (Å²) in [5.74, 6) is -1.12. The highest BCUT2D eigenvalue weighted by molar-refractivity contribution is 6.30. The second-order valence-corrected chi connectivity index (χ2v) is 4.26. The number of carbonyl (C=O) groups excluding carboxylic acids is 1. The largest absolute Gasteiger partial charge is 0.348 e. The van der Waals surface area contributed by atoms with E-state index in [4.69, 9.17) is 11.6 Å². The molecule has 6 heteroatoms. The third-order valence-electron chi connectivity index (χ3n) is 2.55. The van der Waals surface area contributed by atoms with E-state index in [0.29, 0.717) is 6.54 Å². The molecule has 0 aliphatic rings. The summed E-state index contributed by atoms with van der Waals surface area (Å²) in [5.41, 5.74) is 1.70. The number of aromatic amines is 1. The first-order valence-electron chi connectivity index (χ1n) is 5.30. The minimum atomic E-state index is -0.635. The lowest BCUT2D eigenvalue weighted by molar-refractivity contribution is 0.0947. The number of nitrogens with one attached hydrogen (secondary N) is 2. The Morgan fingerprint density at radius 1 is 1.56 bits per heavy atom. The Hall–Kier alpha value is -1.88. The van der Waals surface area contributed by atoms with Gasteiger partial charge in [-0.15, -0.1) is 0 Å². The van der Waals surface area contributed by atoms with Crippen molar-refractivity contribution >= 4 is 17.5 Å². The lowest BCUT2D eigenvalue weighted by atomic mass is 10.2. The maximum atomic E-state index is 13.5. The number of aromatic nitrogens is 2. The molecule has 2 aromatic rings. The van der Waals surface area contributed by atoms with E-state index in [9.17, 15) is 9.18 Å². The molecule has 1 heterocycles. The van der Waals surface area contributed by atoms with Crippen molar-refractivity contribution in [2.45, 2.75) is 13.5 Å². The first kappa shape index (κ1) is 12.6. The molecule has 0 aliphatic heterocycles. The summed E-state index contributed by atoms with van der Waals surface area (Å²) in [6, 6.07) is 3.94. The van der Waals surface area contributed by atoms with Crippen LogP contribution >= 0.6 is 11.6 Å². The number of hydrogen-bond acceptors (Lipinski definition) is 2. The van der Waals surface area contributed by atoms with Gasteiger partial charge in [0.25, 0.3) is 5.91 Å². The van der Waals surface area contributed by atoms with E-state index in [2.05, 4.69) is 15.5 Å². The Morgan fingerprint density at radius 3 is 2.94 bits per heavy atom. The minimum absolute atomic E-state index is 0.0273. The molecule has 94 valence electrons. The molecule has 0 bridgehead atoms. The summed E-state index contributed by atoms with van der Waals surface area (Å²) in [7, 11) is 0. The highest BCUT2D eigenvalue weighted by Gasteiger charge is 2.12. The van der Waals surface area contributed by atoms with E-state index >= 15 is 0 Å². The normalized spacial score (nSPS) is 10.4. The SMILES string of the molecule is Cc1[nH]ncc1CNC(=O)c1ccc(Cl)cc1F. The van der Waals surface area contributed by atoms with E-state index in [1.54, 1.807) is 6.20 Å². The van der Waals surface area contributed by atoms with Crippen molar-refractivity contribution in [2.24, 2.45) is 0 Å². The van der Waals surface area contributed by atoms with Crippen LogP contribution in [0.1, 0.15) is 21.6 Å². The Balaban J connectivity index is 2.06. The number of benzene rings is 1. The van der Waals surface area contributed by atoms with Gasteiger partial charge in [-0.1, -0.05) is 11.6 Å². The van der Waals surface area contributed by atoms with Gasteiger partial charge in [0, 0.05) is 22.8 Å². The number of amides is 1. The van der Waals surface area contributed by atoms with Crippen LogP contribution in [0, 0.1) is 12.7 Å². The highest BCUT2D eigenvalue weighted by atomic mass is 35.5. The summed E-state index contributed by atoms with van der Waals surface area (Å²) in [4.78, 5) is 11.8. The fourth-order valence-corrected chi connectivity index (χ4v) is 1.66. The van der Waals surface area contributed by atoms with Crippen molar-refractivity contribution < 1.29 is 9.18 Å². The topological polar surface area (TPSA) is 57.8 Å². The fraction of sp³-hybridized carbons (Fsp3) is 0.167. The molecule has 4 nitrogen and oxygen atoms in total. The van der Waals surface area contributed by atoms with E-state index in [1.807, 2.05) is 6.92 Å². The van der Waals surface area contributed by atoms with Crippen LogP contribution in [-0.4, -0.2) is 16.1 Å². The van der Waals surface area contributed by atoms with E-state index in [0.717, 1.165) is 17.3 Å². The number of H-pyrrole nitrogens is 1. The molecule has 0 radical (unpaired) electrons. The van der Waals surface area contributed by atoms with Crippen LogP contribution in [0.3, 0.4) is 0 Å². The maximum absolute atomic E-state index is 13.5. The molecule has 0 atom stereocenters. The molecule has 0 fully saturated rings. The molecule has 1 aromatic heterocycles. The predicted molar refractivity (Wildman–Crippen MR) is 65.9 cm³/mol. The minimum Gasteiger partial charge on any atom is -0.348 e. The van der Waals surface area contributed by atoms with Gasteiger partial charge >= 0.3 is 0 Å². The van der Waals surface area contributed by atoms with Gasteiger partial charge in [0.2, 0.25) is 0 Å². The third-order valence-corrected chi connectivity index (χ3v) is 2.78. The summed E-state index contributed by atoms with van der Waals surface area (Å²) in [5, 5.41) is 9.47. The first-order valence-corrected chi connectivity index (χ1v) is 5.68. The fourth-order valence-electron chi connectivity index (χ4n) is 1.50. The van der Waals surface area contributed by atoms with Crippen LogP contribution in [0.4, 0.5) is 4.39 Å². The standard InChI is InChI=1S/C12H11ClFN3O/c1-7-8(6-16-17-7)5-15-12(18)10-3-2-9(13)4-11(10)14/h2-4,6H,5H2,1H3,(H,15,18)(H,16,17). The average Bonchev–Trinajstić information content (AvgIpc) is 2.72. The summed E-state index contributed by atoms with van der Waals surface area (Å²) >= 11 is 5.62. The second-order valence-electron chi connectivity index (χ2n) is 3.83. The number of aryl methyl sites for hydroxylation is 1. The van der Waals surface area contributed by atoms with Crippen molar-refractivity contribution in [1.82, 2.24) is 15.5 Å². The molecule has 0 spiro atoms. The van der Waals surface area contributed by atoms with Crippen LogP contribution < -0.4 is 5.32 Å². The van der Waals surface area contributed by atoms with Crippen molar-refractivity contribution in [3.63, 3.8) is 0 Å². The zero-order chi connectivity index (χ0) is 13.1. The Bertz CT molecular complexity index is 582. The lowest BCUT2D eigenvalue weighted by Crippen LogP contribution is -2.23. The average molecular weight is 268 g/mol. The molecule has 1 amide bonds. The van der Waals surface area contributed by atoms with Crippen LogP contribution in [-0.2, 0) is 6.54 Å². The lowest BCUT2D eigenvalue weighted by Gasteiger charge is -2.05. The van der Waals surface area contributed by atoms with Crippen molar-refractivity contribution in [2.75, 3.05) is 0 Å². The Kier molecular flexibility index (Phi) is 3.62. The van der Waals surface area contributed by atoms with Crippen LogP contribution in [0.25, 0.3) is 0 Å². The van der Waals surface area contributed by atoms with Gasteiger partial charge in [0.15, 0.2) is 0 Å². The van der Waals surface area contributed by atoms with Crippen molar-refractivity contribution in [3.8, 4) is 0 Å². The quantitative estimate of drug-likeness (QED) is 0.897. The molecule has 0 aliphatic carbocycles. The van der Waals surface area contributed by atoms with Gasteiger partial charge in [-0.3, -0.25) is 9.89 Å². The van der Waals surface area contributed by atoms with Crippen LogP contribution in [0.2, 0.25) is 5.02 Å². The molecule has 0 saturated heterocycles. The summed E-state index contributed by atoms with van der Waals surface area (Å²) < 4.78 is 13.5. The molecule has 0 unspecified atom stereocenters. The van der Waals surface area contributed by atoms with Crippen molar-refractivity contribution in [3.05, 3.63) is 52.1 Å². The smallest absolute Gasteiger partial charge is 0.254 e. The monoisotopic (exact) mass is 267 g/mol. The molecule has 1 aromatic carbocycles. The Labute approximate surface area is 108 Å². The zero-order valence-electron chi connectivity index (χ0n) is 9.63. The maximum Gasteiger partial charge on any atom is 0.254 e. The van der Waals surface area contributed by atoms with Crippen LogP contribution in [0.5, 0.6) is 0 Å². The summed E-state index contributed by atoms with van der Waals surface area (Å²) in [6.07, 6.45) is 1.62. The second kappa shape index (κ2) is 5.18. The Morgan fingerprint density at radius 2 is 2.33 bits per heavy atom. The molecular weight excluding hydrogens is 257 g/mol. The van der Waals surface area contributed by atoms with Gasteiger partial charge in [0.1, 0.15) is 5.82 Å². The molecule has 2 rings (SSSR count). The van der Waals surface area contributed by atoms with Gasteiger partial charge in [-0.2, -0.15) is 5.10 Å². The first-order chi connectivity index (χ1) is 8.58.